The van der Waals surface area contributed by atoms with E-state index in [2.05, 4.69) is 4.90 Å². The molecular weight excluding hydrogens is 178 g/mol. The quantitative estimate of drug-likeness (QED) is 0.655. The zero-order chi connectivity index (χ0) is 9.97. The second kappa shape index (κ2) is 4.60. The molecule has 1 saturated carbocycles. The SMILES string of the molecule is OC1CCCN([C@@H]2CCC[C@H]2O)CC1. The second-order valence-electron chi connectivity index (χ2n) is 4.69. The van der Waals surface area contributed by atoms with Crippen molar-refractivity contribution >= 4 is 0 Å². The van der Waals surface area contributed by atoms with Crippen molar-refractivity contribution in [3.63, 3.8) is 0 Å². The van der Waals surface area contributed by atoms with E-state index in [9.17, 15) is 10.2 Å². The van der Waals surface area contributed by atoms with E-state index in [0.717, 1.165) is 51.6 Å². The summed E-state index contributed by atoms with van der Waals surface area (Å²) in [6.45, 7) is 2.02. The van der Waals surface area contributed by atoms with Gasteiger partial charge in [-0.05, 0) is 45.1 Å². The molecule has 1 unspecified atom stereocenters. The lowest BCUT2D eigenvalue weighted by Crippen LogP contribution is -2.41. The van der Waals surface area contributed by atoms with Crippen molar-refractivity contribution in [2.75, 3.05) is 13.1 Å². The Morgan fingerprint density at radius 3 is 2.43 bits per heavy atom. The van der Waals surface area contributed by atoms with Gasteiger partial charge in [0.05, 0.1) is 12.2 Å². The minimum Gasteiger partial charge on any atom is -0.393 e. The fourth-order valence-corrected chi connectivity index (χ4v) is 2.78. The molecule has 1 heterocycles. The van der Waals surface area contributed by atoms with Gasteiger partial charge in [-0.25, -0.2) is 0 Å². The van der Waals surface area contributed by atoms with Crippen molar-refractivity contribution < 1.29 is 10.2 Å². The molecule has 14 heavy (non-hydrogen) atoms. The lowest BCUT2D eigenvalue weighted by molar-refractivity contribution is 0.0692. The molecule has 0 aromatic rings. The molecule has 0 amide bonds. The third-order valence-electron chi connectivity index (χ3n) is 3.65. The van der Waals surface area contributed by atoms with Gasteiger partial charge in [0.1, 0.15) is 0 Å². The summed E-state index contributed by atoms with van der Waals surface area (Å²) < 4.78 is 0. The summed E-state index contributed by atoms with van der Waals surface area (Å²) >= 11 is 0. The lowest BCUT2D eigenvalue weighted by Gasteiger charge is -2.29. The Bertz CT molecular complexity index is 186. The van der Waals surface area contributed by atoms with Crippen LogP contribution in [0.15, 0.2) is 0 Å². The van der Waals surface area contributed by atoms with Crippen LogP contribution >= 0.6 is 0 Å². The van der Waals surface area contributed by atoms with Gasteiger partial charge in [0, 0.05) is 12.6 Å². The van der Waals surface area contributed by atoms with E-state index in [1.165, 1.54) is 0 Å². The molecule has 2 rings (SSSR count). The van der Waals surface area contributed by atoms with Crippen molar-refractivity contribution in [3.8, 4) is 0 Å². The Balaban J connectivity index is 1.90. The summed E-state index contributed by atoms with van der Waals surface area (Å²) in [5, 5.41) is 19.3. The van der Waals surface area contributed by atoms with E-state index in [1.54, 1.807) is 0 Å². The maximum Gasteiger partial charge on any atom is 0.0695 e. The number of likely N-dealkylation sites (tertiary alicyclic amines) is 1. The van der Waals surface area contributed by atoms with E-state index >= 15 is 0 Å². The topological polar surface area (TPSA) is 43.7 Å². The van der Waals surface area contributed by atoms with Gasteiger partial charge in [0.15, 0.2) is 0 Å². The van der Waals surface area contributed by atoms with Gasteiger partial charge in [0.2, 0.25) is 0 Å². The van der Waals surface area contributed by atoms with Crippen molar-refractivity contribution in [1.29, 1.82) is 0 Å². The fourth-order valence-electron chi connectivity index (χ4n) is 2.78. The highest BCUT2D eigenvalue weighted by Gasteiger charge is 2.31. The summed E-state index contributed by atoms with van der Waals surface area (Å²) in [6.07, 6.45) is 5.91. The average Bonchev–Trinajstić information content (AvgIpc) is 2.46. The predicted molar refractivity (Wildman–Crippen MR) is 55.1 cm³/mol. The summed E-state index contributed by atoms with van der Waals surface area (Å²) in [5.74, 6) is 0. The zero-order valence-electron chi connectivity index (χ0n) is 8.73. The summed E-state index contributed by atoms with van der Waals surface area (Å²) in [7, 11) is 0. The molecule has 0 spiro atoms. The van der Waals surface area contributed by atoms with Crippen molar-refractivity contribution in [2.24, 2.45) is 0 Å². The molecular formula is C11H21NO2. The van der Waals surface area contributed by atoms with E-state index < -0.39 is 0 Å². The number of hydrogen-bond acceptors (Lipinski definition) is 3. The highest BCUT2D eigenvalue weighted by Crippen LogP contribution is 2.26. The third-order valence-corrected chi connectivity index (χ3v) is 3.65. The van der Waals surface area contributed by atoms with Crippen molar-refractivity contribution in [1.82, 2.24) is 4.90 Å². The first-order chi connectivity index (χ1) is 6.77. The van der Waals surface area contributed by atoms with E-state index in [1.807, 2.05) is 0 Å². The van der Waals surface area contributed by atoms with Crippen LogP contribution in [0.4, 0.5) is 0 Å². The molecule has 0 bridgehead atoms. The second-order valence-corrected chi connectivity index (χ2v) is 4.69. The van der Waals surface area contributed by atoms with Crippen molar-refractivity contribution in [2.45, 2.75) is 56.8 Å². The zero-order valence-corrected chi connectivity index (χ0v) is 8.73. The van der Waals surface area contributed by atoms with Crippen molar-refractivity contribution in [3.05, 3.63) is 0 Å². The Labute approximate surface area is 85.7 Å². The summed E-state index contributed by atoms with van der Waals surface area (Å²) in [4.78, 5) is 2.38. The van der Waals surface area contributed by atoms with Gasteiger partial charge < -0.3 is 10.2 Å². The largest absolute Gasteiger partial charge is 0.393 e. The molecule has 2 aliphatic rings. The van der Waals surface area contributed by atoms with Crippen LogP contribution in [-0.2, 0) is 0 Å². The van der Waals surface area contributed by atoms with Crippen LogP contribution in [0.25, 0.3) is 0 Å². The molecule has 82 valence electrons. The highest BCUT2D eigenvalue weighted by atomic mass is 16.3. The lowest BCUT2D eigenvalue weighted by atomic mass is 10.1. The van der Waals surface area contributed by atoms with Gasteiger partial charge in [-0.2, -0.15) is 0 Å². The average molecular weight is 199 g/mol. The molecule has 0 radical (unpaired) electrons. The molecule has 3 atom stereocenters. The van der Waals surface area contributed by atoms with Gasteiger partial charge in [-0.1, -0.05) is 0 Å². The minimum absolute atomic E-state index is 0.112. The van der Waals surface area contributed by atoms with Crippen LogP contribution in [0.3, 0.4) is 0 Å². The fraction of sp³-hybridized carbons (Fsp3) is 1.00. The predicted octanol–water partition coefficient (Wildman–Crippen LogP) is 0.747. The molecule has 1 aliphatic carbocycles. The Kier molecular flexibility index (Phi) is 3.42. The Morgan fingerprint density at radius 2 is 1.71 bits per heavy atom. The monoisotopic (exact) mass is 199 g/mol. The van der Waals surface area contributed by atoms with Crippen LogP contribution in [-0.4, -0.2) is 46.5 Å². The summed E-state index contributed by atoms with van der Waals surface area (Å²) in [5.41, 5.74) is 0. The number of aliphatic hydroxyl groups is 2. The number of aliphatic hydroxyl groups excluding tert-OH is 2. The highest BCUT2D eigenvalue weighted by molar-refractivity contribution is 4.86. The van der Waals surface area contributed by atoms with Crippen LogP contribution < -0.4 is 0 Å². The standard InChI is InChI=1S/C11H21NO2/c13-9-3-2-7-12(8-6-9)10-4-1-5-11(10)14/h9-11,13-14H,1-8H2/t9?,10-,11-/m1/s1. The molecule has 2 N–H and O–H groups in total. The Hall–Kier alpha value is -0.120. The normalized spacial score (nSPS) is 41.1. The molecule has 1 saturated heterocycles. The summed E-state index contributed by atoms with van der Waals surface area (Å²) in [6, 6.07) is 0.375. The number of nitrogens with zero attached hydrogens (tertiary/aromatic N) is 1. The third kappa shape index (κ3) is 2.27. The Morgan fingerprint density at radius 1 is 0.857 bits per heavy atom. The first kappa shape index (κ1) is 10.4. The molecule has 3 nitrogen and oxygen atoms in total. The molecule has 1 aliphatic heterocycles. The van der Waals surface area contributed by atoms with Crippen LogP contribution in [0.2, 0.25) is 0 Å². The van der Waals surface area contributed by atoms with Gasteiger partial charge in [-0.3, -0.25) is 4.90 Å². The first-order valence-corrected chi connectivity index (χ1v) is 5.87. The maximum absolute atomic E-state index is 9.79. The number of hydrogen-bond donors (Lipinski definition) is 2. The van der Waals surface area contributed by atoms with Gasteiger partial charge >= 0.3 is 0 Å². The van der Waals surface area contributed by atoms with E-state index in [0.29, 0.717) is 6.04 Å². The minimum atomic E-state index is -0.120. The smallest absolute Gasteiger partial charge is 0.0695 e. The van der Waals surface area contributed by atoms with Gasteiger partial charge in [0.25, 0.3) is 0 Å². The van der Waals surface area contributed by atoms with E-state index in [4.69, 9.17) is 0 Å². The molecule has 3 heteroatoms. The molecule has 0 aromatic heterocycles. The van der Waals surface area contributed by atoms with Gasteiger partial charge in [-0.15, -0.1) is 0 Å². The van der Waals surface area contributed by atoms with Crippen LogP contribution in [0.5, 0.6) is 0 Å². The molecule has 0 aromatic carbocycles. The van der Waals surface area contributed by atoms with Crippen LogP contribution in [0, 0.1) is 0 Å². The first-order valence-electron chi connectivity index (χ1n) is 5.87. The van der Waals surface area contributed by atoms with E-state index in [-0.39, 0.29) is 12.2 Å². The number of rotatable bonds is 1. The maximum atomic E-state index is 9.79. The molecule has 2 fully saturated rings. The van der Waals surface area contributed by atoms with Crippen LogP contribution in [0.1, 0.15) is 38.5 Å².